The van der Waals surface area contributed by atoms with Crippen molar-refractivity contribution in [2.45, 2.75) is 4.90 Å². The van der Waals surface area contributed by atoms with Gasteiger partial charge in [0.05, 0.1) is 16.1 Å². The molecule has 1 heterocycles. The van der Waals surface area contributed by atoms with Gasteiger partial charge in [-0.05, 0) is 30.3 Å². The van der Waals surface area contributed by atoms with Crippen LogP contribution in [0, 0.1) is 0 Å². The van der Waals surface area contributed by atoms with E-state index in [1.165, 1.54) is 55.5 Å². The number of benzene rings is 2. The van der Waals surface area contributed by atoms with Crippen molar-refractivity contribution in [3.63, 3.8) is 0 Å². The number of H-pyrrole nitrogens is 1. The Morgan fingerprint density at radius 3 is 2.29 bits per heavy atom. The Balaban J connectivity index is 1.93. The van der Waals surface area contributed by atoms with Crippen LogP contribution in [-0.2, 0) is 14.8 Å². The van der Waals surface area contributed by atoms with Gasteiger partial charge in [-0.1, -0.05) is 29.3 Å². The highest BCUT2D eigenvalue weighted by molar-refractivity contribution is 7.92. The number of Topliss-reactive ketones (excluding diaryl/α,β-unsaturated/α-hetero) is 1. The number of aromatic amines is 1. The predicted molar refractivity (Wildman–Crippen MR) is 109 cm³/mol. The lowest BCUT2D eigenvalue weighted by molar-refractivity contribution is -0.124. The maximum Gasteiger partial charge on any atom is 0.294 e. The Hall–Kier alpha value is -2.55. The summed E-state index contributed by atoms with van der Waals surface area (Å²) in [7, 11) is -0.941. The minimum Gasteiger partial charge on any atom is -0.360 e. The van der Waals surface area contributed by atoms with Crippen LogP contribution in [0.3, 0.4) is 0 Å². The largest absolute Gasteiger partial charge is 0.360 e. The molecule has 0 saturated carbocycles. The van der Waals surface area contributed by atoms with Gasteiger partial charge in [-0.25, -0.2) is 8.42 Å². The molecule has 0 unspecified atom stereocenters. The Morgan fingerprint density at radius 1 is 1.04 bits per heavy atom. The topological polar surface area (TPSA) is 99.3 Å². The van der Waals surface area contributed by atoms with Gasteiger partial charge < -0.3 is 9.88 Å². The first-order valence-corrected chi connectivity index (χ1v) is 10.2. The Labute approximate surface area is 171 Å². The first-order valence-electron chi connectivity index (χ1n) is 7.94. The monoisotopic (exact) mass is 439 g/mol. The average molecular weight is 440 g/mol. The van der Waals surface area contributed by atoms with Crippen LogP contribution in [0.25, 0.3) is 10.9 Å². The second-order valence-corrected chi connectivity index (χ2v) is 8.76. The second-order valence-electron chi connectivity index (χ2n) is 6.20. The summed E-state index contributed by atoms with van der Waals surface area (Å²) in [5.41, 5.74) is 0.979. The molecule has 0 atom stereocenters. The first-order chi connectivity index (χ1) is 13.1. The molecule has 0 bridgehead atoms. The van der Waals surface area contributed by atoms with Crippen molar-refractivity contribution in [3.8, 4) is 0 Å². The molecular formula is C18H15Cl2N3O4S. The van der Waals surface area contributed by atoms with E-state index >= 15 is 0 Å². The van der Waals surface area contributed by atoms with Gasteiger partial charge in [0.15, 0.2) is 0 Å². The number of anilines is 1. The lowest BCUT2D eigenvalue weighted by Crippen LogP contribution is -2.29. The number of halogens is 2. The maximum absolute atomic E-state index is 12.6. The molecule has 0 aliphatic heterocycles. The Morgan fingerprint density at radius 2 is 1.68 bits per heavy atom. The van der Waals surface area contributed by atoms with Gasteiger partial charge in [-0.2, -0.15) is 0 Å². The average Bonchev–Trinajstić information content (AvgIpc) is 3.02. The van der Waals surface area contributed by atoms with Crippen molar-refractivity contribution in [1.82, 2.24) is 9.88 Å². The highest BCUT2D eigenvalue weighted by Crippen LogP contribution is 2.27. The molecule has 0 aliphatic carbocycles. The molecule has 0 fully saturated rings. The first kappa shape index (κ1) is 20.2. The summed E-state index contributed by atoms with van der Waals surface area (Å²) in [6.07, 6.45) is 1.42. The third kappa shape index (κ3) is 3.99. The fourth-order valence-corrected chi connectivity index (χ4v) is 4.37. The fourth-order valence-electron chi connectivity index (χ4n) is 2.59. The highest BCUT2D eigenvalue weighted by atomic mass is 35.5. The normalized spacial score (nSPS) is 11.4. The van der Waals surface area contributed by atoms with Crippen LogP contribution in [0.4, 0.5) is 5.69 Å². The molecule has 2 N–H and O–H groups in total. The molecule has 1 amide bonds. The summed E-state index contributed by atoms with van der Waals surface area (Å²) in [6.45, 7) is 0. The van der Waals surface area contributed by atoms with Crippen LogP contribution in [0.1, 0.15) is 10.4 Å². The quantitative estimate of drug-likeness (QED) is 0.468. The van der Waals surface area contributed by atoms with E-state index in [2.05, 4.69) is 9.71 Å². The van der Waals surface area contributed by atoms with E-state index < -0.39 is 21.7 Å². The number of carbonyl (C=O) groups is 2. The Kier molecular flexibility index (Phi) is 5.38. The van der Waals surface area contributed by atoms with Crippen molar-refractivity contribution < 1.29 is 18.0 Å². The second kappa shape index (κ2) is 7.46. The van der Waals surface area contributed by atoms with Crippen LogP contribution in [-0.4, -0.2) is 44.1 Å². The summed E-state index contributed by atoms with van der Waals surface area (Å²) < 4.78 is 27.6. The highest BCUT2D eigenvalue weighted by Gasteiger charge is 2.22. The standard InChI is InChI=1S/C18H15Cl2N3O4S/c1-23(2)18(25)17(24)15-9-21-16-8-12(3-4-14(15)16)22-28(26,27)13-6-10(19)5-11(20)7-13/h3-9,21-22H,1-2H3. The Bertz CT molecular complexity index is 1180. The maximum atomic E-state index is 12.6. The van der Waals surface area contributed by atoms with Gasteiger partial charge in [0.2, 0.25) is 0 Å². The summed E-state index contributed by atoms with van der Waals surface area (Å²) in [4.78, 5) is 28.2. The number of likely N-dealkylation sites (N-methyl/N-ethyl adjacent to an activating group) is 1. The summed E-state index contributed by atoms with van der Waals surface area (Å²) in [5, 5.41) is 0.900. The number of amides is 1. The zero-order valence-corrected chi connectivity index (χ0v) is 17.1. The zero-order chi connectivity index (χ0) is 20.6. The number of sulfonamides is 1. The van der Waals surface area contributed by atoms with Gasteiger partial charge in [0.1, 0.15) is 0 Å². The molecule has 0 aliphatic rings. The van der Waals surface area contributed by atoms with E-state index in [1.54, 1.807) is 6.07 Å². The minimum atomic E-state index is -3.92. The van der Waals surface area contributed by atoms with Crippen molar-refractivity contribution >= 4 is 61.5 Å². The number of hydrogen-bond acceptors (Lipinski definition) is 4. The fraction of sp³-hybridized carbons (Fsp3) is 0.111. The smallest absolute Gasteiger partial charge is 0.294 e. The number of carbonyl (C=O) groups excluding carboxylic acids is 2. The molecule has 0 saturated heterocycles. The zero-order valence-electron chi connectivity index (χ0n) is 14.8. The van der Waals surface area contributed by atoms with E-state index in [1.807, 2.05) is 0 Å². The van der Waals surface area contributed by atoms with Crippen LogP contribution >= 0.6 is 23.2 Å². The van der Waals surface area contributed by atoms with Crippen molar-refractivity contribution in [2.24, 2.45) is 0 Å². The third-order valence-electron chi connectivity index (χ3n) is 3.93. The molecule has 3 aromatic rings. The van der Waals surface area contributed by atoms with Crippen LogP contribution < -0.4 is 4.72 Å². The van der Waals surface area contributed by atoms with Crippen LogP contribution in [0.5, 0.6) is 0 Å². The summed E-state index contributed by atoms with van der Waals surface area (Å²) in [6, 6.07) is 8.58. The predicted octanol–water partition coefficient (Wildman–Crippen LogP) is 3.55. The van der Waals surface area contributed by atoms with Crippen molar-refractivity contribution in [1.29, 1.82) is 0 Å². The molecule has 10 heteroatoms. The molecule has 0 radical (unpaired) electrons. The van der Waals surface area contributed by atoms with E-state index in [0.29, 0.717) is 10.9 Å². The number of nitrogens with one attached hydrogen (secondary N) is 2. The van der Waals surface area contributed by atoms with E-state index in [0.717, 1.165) is 0 Å². The van der Waals surface area contributed by atoms with Gasteiger partial charge in [0.25, 0.3) is 21.7 Å². The molecule has 0 spiro atoms. The molecular weight excluding hydrogens is 425 g/mol. The number of ketones is 1. The van der Waals surface area contributed by atoms with E-state index in [4.69, 9.17) is 23.2 Å². The molecule has 7 nitrogen and oxygen atoms in total. The minimum absolute atomic E-state index is 0.0796. The van der Waals surface area contributed by atoms with Gasteiger partial charge >= 0.3 is 0 Å². The number of fused-ring (bicyclic) bond motifs is 1. The molecule has 146 valence electrons. The number of rotatable bonds is 5. The van der Waals surface area contributed by atoms with Crippen molar-refractivity contribution in [2.75, 3.05) is 18.8 Å². The molecule has 28 heavy (non-hydrogen) atoms. The van der Waals surface area contributed by atoms with Gasteiger partial charge in [-0.15, -0.1) is 0 Å². The lowest BCUT2D eigenvalue weighted by atomic mass is 10.1. The molecule has 3 rings (SSSR count). The SMILES string of the molecule is CN(C)C(=O)C(=O)c1c[nH]c2cc(NS(=O)(=O)c3cc(Cl)cc(Cl)c3)ccc12. The number of nitrogens with zero attached hydrogens (tertiary/aromatic N) is 1. The summed E-state index contributed by atoms with van der Waals surface area (Å²) in [5.74, 6) is -1.30. The lowest BCUT2D eigenvalue weighted by Gasteiger charge is -2.10. The molecule has 1 aromatic heterocycles. The number of hydrogen-bond donors (Lipinski definition) is 2. The number of aromatic nitrogens is 1. The van der Waals surface area contributed by atoms with E-state index in [-0.39, 0.29) is 26.2 Å². The third-order valence-corrected chi connectivity index (χ3v) is 5.72. The van der Waals surface area contributed by atoms with E-state index in [9.17, 15) is 18.0 Å². The van der Waals surface area contributed by atoms with Crippen LogP contribution in [0.15, 0.2) is 47.5 Å². The van der Waals surface area contributed by atoms with Crippen molar-refractivity contribution in [3.05, 3.63) is 58.2 Å². The van der Waals surface area contributed by atoms with Gasteiger partial charge in [0, 0.05) is 41.2 Å². The molecule has 2 aromatic carbocycles. The van der Waals surface area contributed by atoms with Crippen LogP contribution in [0.2, 0.25) is 10.0 Å². The van der Waals surface area contributed by atoms with Gasteiger partial charge in [-0.3, -0.25) is 14.3 Å². The summed E-state index contributed by atoms with van der Waals surface area (Å²) >= 11 is 11.7.